The number of benzene rings is 3. The summed E-state index contributed by atoms with van der Waals surface area (Å²) in [7, 11) is 0. The number of hydrogen-bond acceptors (Lipinski definition) is 8. The molecule has 0 radical (unpaired) electrons. The molecular formula is C35H26N6O5S. The molecule has 2 amide bonds. The van der Waals surface area contributed by atoms with Crippen LogP contribution in [0.5, 0.6) is 0 Å². The average Bonchev–Trinajstić information content (AvgIpc) is 3.90. The van der Waals surface area contributed by atoms with Gasteiger partial charge in [0, 0.05) is 46.6 Å². The molecule has 3 heterocycles. The molecule has 0 saturated carbocycles. The van der Waals surface area contributed by atoms with Crippen molar-refractivity contribution in [1.82, 2.24) is 14.9 Å². The molecule has 1 N–H and O–H groups in total. The Morgan fingerprint density at radius 3 is 2.45 bits per heavy atom. The number of carbonyl (C=O) groups excluding carboxylic acids is 2. The lowest BCUT2D eigenvalue weighted by Gasteiger charge is -2.24. The highest BCUT2D eigenvalue weighted by Gasteiger charge is 2.22. The Labute approximate surface area is 273 Å². The minimum absolute atomic E-state index is 0.115. The number of nitro groups is 1. The van der Waals surface area contributed by atoms with Gasteiger partial charge < -0.3 is 19.2 Å². The second-order valence-electron chi connectivity index (χ2n) is 10.5. The number of amides is 2. The summed E-state index contributed by atoms with van der Waals surface area (Å²) in [6.45, 7) is 1.04. The van der Waals surface area contributed by atoms with Crippen molar-refractivity contribution >= 4 is 34.5 Å². The number of nitrogens with zero attached hydrogens (tertiary/aromatic N) is 5. The van der Waals surface area contributed by atoms with E-state index < -0.39 is 4.92 Å². The maximum Gasteiger partial charge on any atom is 0.287 e. The van der Waals surface area contributed by atoms with Crippen LogP contribution in [-0.2, 0) is 19.6 Å². The fraction of sp³-hybridized carbons (Fsp3) is 0.0857. The Morgan fingerprint density at radius 2 is 1.77 bits per heavy atom. The van der Waals surface area contributed by atoms with Gasteiger partial charge in [-0.15, -0.1) is 11.3 Å². The lowest BCUT2D eigenvalue weighted by molar-refractivity contribution is -0.384. The highest BCUT2D eigenvalue weighted by atomic mass is 32.1. The molecule has 0 bridgehead atoms. The molecule has 232 valence electrons. The van der Waals surface area contributed by atoms with Gasteiger partial charge in [0.05, 0.1) is 41.7 Å². The van der Waals surface area contributed by atoms with Gasteiger partial charge in [0.25, 0.3) is 17.5 Å². The topological polar surface area (TPSA) is 147 Å². The van der Waals surface area contributed by atoms with E-state index in [1.807, 2.05) is 34.2 Å². The quantitative estimate of drug-likeness (QED) is 0.121. The number of anilines is 1. The number of aromatic nitrogens is 2. The van der Waals surface area contributed by atoms with Crippen LogP contribution in [0.1, 0.15) is 42.6 Å². The van der Waals surface area contributed by atoms with Gasteiger partial charge >= 0.3 is 0 Å². The minimum Gasteiger partial charge on any atom is -0.451 e. The van der Waals surface area contributed by atoms with Crippen LogP contribution < -0.4 is 10.2 Å². The largest absolute Gasteiger partial charge is 0.451 e. The molecule has 0 atom stereocenters. The SMILES string of the molecule is N#Cc1ccc(Cn2cncc2CN(C(=O)c2ccc([N+](=O)[O-])cc2)c2ccc(-c3ccc(C(=O)NCc4cccs4)o3)cc2)cc1. The molecular weight excluding hydrogens is 616 g/mol. The molecule has 47 heavy (non-hydrogen) atoms. The standard InChI is InChI=1S/C35H26N6O5S/c36-18-24-3-5-25(6-4-24)21-39-23-37-19-30(39)22-40(35(43)27-9-13-29(14-10-27)41(44)45)28-11-7-26(8-12-28)32-15-16-33(46-32)34(42)38-20-31-2-1-17-47-31/h1-17,19,23H,20-22H2,(H,38,42). The summed E-state index contributed by atoms with van der Waals surface area (Å²) in [6, 6.07) is 29.2. The summed E-state index contributed by atoms with van der Waals surface area (Å²) >= 11 is 1.56. The molecule has 12 heteroatoms. The molecule has 3 aromatic carbocycles. The molecule has 0 aliphatic rings. The Bertz CT molecular complexity index is 2060. The summed E-state index contributed by atoms with van der Waals surface area (Å²) < 4.78 is 7.76. The molecule has 0 fully saturated rings. The first kappa shape index (κ1) is 30.7. The molecule has 0 aliphatic heterocycles. The summed E-state index contributed by atoms with van der Waals surface area (Å²) in [6.07, 6.45) is 3.36. The van der Waals surface area contributed by atoms with Crippen molar-refractivity contribution in [2.75, 3.05) is 4.90 Å². The summed E-state index contributed by atoms with van der Waals surface area (Å²) in [5.41, 5.74) is 3.71. The van der Waals surface area contributed by atoms with Gasteiger partial charge in [0.1, 0.15) is 5.76 Å². The zero-order chi connectivity index (χ0) is 32.8. The zero-order valence-electron chi connectivity index (χ0n) is 24.8. The van der Waals surface area contributed by atoms with E-state index in [9.17, 15) is 19.7 Å². The van der Waals surface area contributed by atoms with E-state index in [2.05, 4.69) is 16.4 Å². The monoisotopic (exact) mass is 642 g/mol. The normalized spacial score (nSPS) is 10.7. The van der Waals surface area contributed by atoms with Gasteiger partial charge in [-0.1, -0.05) is 18.2 Å². The first-order valence-corrected chi connectivity index (χ1v) is 15.3. The van der Waals surface area contributed by atoms with Gasteiger partial charge in [0.15, 0.2) is 5.76 Å². The Morgan fingerprint density at radius 1 is 1.00 bits per heavy atom. The van der Waals surface area contributed by atoms with E-state index in [0.29, 0.717) is 35.7 Å². The lowest BCUT2D eigenvalue weighted by atomic mass is 10.1. The lowest BCUT2D eigenvalue weighted by Crippen LogP contribution is -2.31. The van der Waals surface area contributed by atoms with Crippen molar-refractivity contribution in [3.8, 4) is 17.4 Å². The van der Waals surface area contributed by atoms with E-state index in [4.69, 9.17) is 9.68 Å². The van der Waals surface area contributed by atoms with E-state index >= 15 is 0 Å². The van der Waals surface area contributed by atoms with E-state index in [1.54, 1.807) is 77.3 Å². The zero-order valence-corrected chi connectivity index (χ0v) is 25.6. The minimum atomic E-state index is -0.514. The van der Waals surface area contributed by atoms with Crippen LogP contribution in [0.2, 0.25) is 0 Å². The smallest absolute Gasteiger partial charge is 0.287 e. The summed E-state index contributed by atoms with van der Waals surface area (Å²) in [5, 5.41) is 25.1. The molecule has 0 aliphatic carbocycles. The van der Waals surface area contributed by atoms with Gasteiger partial charge in [-0.05, 0) is 77.7 Å². The second-order valence-corrected chi connectivity index (χ2v) is 11.5. The highest BCUT2D eigenvalue weighted by Crippen LogP contribution is 2.28. The second kappa shape index (κ2) is 13.8. The first-order valence-electron chi connectivity index (χ1n) is 14.4. The van der Waals surface area contributed by atoms with Crippen molar-refractivity contribution in [2.24, 2.45) is 0 Å². The Balaban J connectivity index is 1.24. The number of nitro benzene ring substituents is 1. The van der Waals surface area contributed by atoms with Crippen LogP contribution in [0.4, 0.5) is 11.4 Å². The Kier molecular flexibility index (Phi) is 8.99. The number of nitriles is 1. The number of nitrogens with one attached hydrogen (secondary N) is 1. The third-order valence-electron chi connectivity index (χ3n) is 7.42. The van der Waals surface area contributed by atoms with Crippen molar-refractivity contribution in [2.45, 2.75) is 19.6 Å². The van der Waals surface area contributed by atoms with Crippen molar-refractivity contribution in [3.63, 3.8) is 0 Å². The number of carbonyl (C=O) groups is 2. The molecule has 0 spiro atoms. The maximum absolute atomic E-state index is 13.9. The third-order valence-corrected chi connectivity index (χ3v) is 8.30. The molecule has 0 unspecified atom stereocenters. The number of imidazole rings is 1. The molecule has 0 saturated heterocycles. The molecule has 3 aromatic heterocycles. The summed E-state index contributed by atoms with van der Waals surface area (Å²) in [4.78, 5) is 44.1. The molecule has 6 aromatic rings. The van der Waals surface area contributed by atoms with Gasteiger partial charge in [-0.3, -0.25) is 19.7 Å². The van der Waals surface area contributed by atoms with Crippen molar-refractivity contribution in [1.29, 1.82) is 5.26 Å². The van der Waals surface area contributed by atoms with Crippen LogP contribution in [0, 0.1) is 21.4 Å². The molecule has 6 rings (SSSR count). The van der Waals surface area contributed by atoms with Crippen LogP contribution >= 0.6 is 11.3 Å². The fourth-order valence-corrected chi connectivity index (χ4v) is 5.56. The fourth-order valence-electron chi connectivity index (χ4n) is 4.92. The van der Waals surface area contributed by atoms with Crippen molar-refractivity contribution < 1.29 is 18.9 Å². The first-order chi connectivity index (χ1) is 22.9. The number of hydrogen-bond donors (Lipinski definition) is 1. The predicted octanol–water partition coefficient (Wildman–Crippen LogP) is 6.81. The van der Waals surface area contributed by atoms with E-state index in [1.165, 1.54) is 24.3 Å². The number of rotatable bonds is 11. The maximum atomic E-state index is 13.9. The van der Waals surface area contributed by atoms with Crippen LogP contribution in [0.3, 0.4) is 0 Å². The van der Waals surface area contributed by atoms with Gasteiger partial charge in [-0.2, -0.15) is 5.26 Å². The van der Waals surface area contributed by atoms with E-state index in [0.717, 1.165) is 16.1 Å². The number of furan rings is 1. The summed E-state index contributed by atoms with van der Waals surface area (Å²) in [5.74, 6) is -0.00192. The predicted molar refractivity (Wildman–Crippen MR) is 176 cm³/mol. The Hall–Kier alpha value is -6.32. The number of thiophene rings is 1. The van der Waals surface area contributed by atoms with Gasteiger partial charge in [-0.25, -0.2) is 4.98 Å². The average molecular weight is 643 g/mol. The van der Waals surface area contributed by atoms with Crippen LogP contribution in [-0.4, -0.2) is 26.3 Å². The van der Waals surface area contributed by atoms with Crippen LogP contribution in [0.15, 0.2) is 119 Å². The highest BCUT2D eigenvalue weighted by molar-refractivity contribution is 7.09. The number of non-ortho nitro benzene ring substituents is 1. The molecule has 11 nitrogen and oxygen atoms in total. The third kappa shape index (κ3) is 7.16. The van der Waals surface area contributed by atoms with Gasteiger partial charge in [0.2, 0.25) is 0 Å². The van der Waals surface area contributed by atoms with E-state index in [-0.39, 0.29) is 35.4 Å². The van der Waals surface area contributed by atoms with Crippen LogP contribution in [0.25, 0.3) is 11.3 Å². The van der Waals surface area contributed by atoms with Crippen molar-refractivity contribution in [3.05, 3.63) is 158 Å².